The number of rotatable bonds is 6. The van der Waals surface area contributed by atoms with E-state index in [1.165, 1.54) is 0 Å². The van der Waals surface area contributed by atoms with Crippen molar-refractivity contribution < 1.29 is 19.4 Å². The Hall–Kier alpha value is -1.40. The standard InChI is InChI=1S/C12H17NO4S/c1-7(6-17-3)4-9(14)13-10-5-8(2)11(18-10)12(15)16/h5,7H,4,6H2,1-3H3,(H,13,14)(H,15,16). The summed E-state index contributed by atoms with van der Waals surface area (Å²) in [5, 5.41) is 12.2. The average Bonchev–Trinajstić information content (AvgIpc) is 2.59. The lowest BCUT2D eigenvalue weighted by atomic mass is 10.1. The van der Waals surface area contributed by atoms with Gasteiger partial charge in [-0.15, -0.1) is 11.3 Å². The number of carboxylic acid groups (broad SMARTS) is 1. The number of methoxy groups -OCH3 is 1. The van der Waals surface area contributed by atoms with Crippen LogP contribution < -0.4 is 5.32 Å². The number of aromatic carboxylic acids is 1. The van der Waals surface area contributed by atoms with Gasteiger partial charge in [0.1, 0.15) is 4.88 Å². The van der Waals surface area contributed by atoms with Crippen LogP contribution in [0.3, 0.4) is 0 Å². The maximum absolute atomic E-state index is 11.7. The predicted octanol–water partition coefficient (Wildman–Crippen LogP) is 2.37. The fourth-order valence-corrected chi connectivity index (χ4v) is 2.53. The zero-order chi connectivity index (χ0) is 13.7. The van der Waals surface area contributed by atoms with E-state index in [1.807, 2.05) is 6.92 Å². The molecule has 1 atom stereocenters. The van der Waals surface area contributed by atoms with Gasteiger partial charge in [0.25, 0.3) is 0 Å². The molecule has 1 aromatic heterocycles. The minimum atomic E-state index is -0.967. The van der Waals surface area contributed by atoms with Crippen molar-refractivity contribution in [3.05, 3.63) is 16.5 Å². The van der Waals surface area contributed by atoms with Crippen LogP contribution in [0.1, 0.15) is 28.6 Å². The molecule has 0 aromatic carbocycles. The van der Waals surface area contributed by atoms with Crippen LogP contribution in [0.15, 0.2) is 6.07 Å². The number of hydrogen-bond donors (Lipinski definition) is 2. The Morgan fingerprint density at radius 3 is 2.72 bits per heavy atom. The van der Waals surface area contributed by atoms with Gasteiger partial charge in [-0.3, -0.25) is 4.79 Å². The molecule has 0 aliphatic heterocycles. The summed E-state index contributed by atoms with van der Waals surface area (Å²) in [5.41, 5.74) is 0.660. The van der Waals surface area contributed by atoms with Crippen LogP contribution in [-0.2, 0) is 9.53 Å². The molecule has 0 aliphatic rings. The van der Waals surface area contributed by atoms with Gasteiger partial charge in [-0.05, 0) is 24.5 Å². The molecular weight excluding hydrogens is 254 g/mol. The zero-order valence-electron chi connectivity index (χ0n) is 10.6. The lowest BCUT2D eigenvalue weighted by Crippen LogP contribution is -2.16. The monoisotopic (exact) mass is 271 g/mol. The van der Waals surface area contributed by atoms with E-state index in [2.05, 4.69) is 5.32 Å². The Labute approximate surface area is 110 Å². The van der Waals surface area contributed by atoms with E-state index in [1.54, 1.807) is 20.1 Å². The molecule has 0 saturated carbocycles. The molecular formula is C12H17NO4S. The lowest BCUT2D eigenvalue weighted by molar-refractivity contribution is -0.117. The molecule has 1 rings (SSSR count). The highest BCUT2D eigenvalue weighted by molar-refractivity contribution is 7.18. The molecule has 6 heteroatoms. The first-order valence-electron chi connectivity index (χ1n) is 5.56. The van der Waals surface area contributed by atoms with Gasteiger partial charge < -0.3 is 15.2 Å². The maximum Gasteiger partial charge on any atom is 0.346 e. The number of anilines is 1. The molecule has 0 saturated heterocycles. The van der Waals surface area contributed by atoms with Crippen molar-refractivity contribution in [2.45, 2.75) is 20.3 Å². The molecule has 0 spiro atoms. The summed E-state index contributed by atoms with van der Waals surface area (Å²) in [6.07, 6.45) is 0.354. The van der Waals surface area contributed by atoms with E-state index in [0.29, 0.717) is 23.6 Å². The number of nitrogens with one attached hydrogen (secondary N) is 1. The summed E-state index contributed by atoms with van der Waals surface area (Å²) in [5.74, 6) is -0.960. The molecule has 5 nitrogen and oxygen atoms in total. The quantitative estimate of drug-likeness (QED) is 0.832. The van der Waals surface area contributed by atoms with Crippen LogP contribution in [-0.4, -0.2) is 30.7 Å². The number of carboxylic acids is 1. The molecule has 1 amide bonds. The Morgan fingerprint density at radius 1 is 1.56 bits per heavy atom. The number of aryl methyl sites for hydroxylation is 1. The number of carbonyl (C=O) groups is 2. The van der Waals surface area contributed by atoms with Crippen LogP contribution in [0.2, 0.25) is 0 Å². The molecule has 2 N–H and O–H groups in total. The van der Waals surface area contributed by atoms with Gasteiger partial charge in [-0.2, -0.15) is 0 Å². The molecule has 18 heavy (non-hydrogen) atoms. The number of thiophene rings is 1. The van der Waals surface area contributed by atoms with Crippen LogP contribution >= 0.6 is 11.3 Å². The predicted molar refractivity (Wildman–Crippen MR) is 70.3 cm³/mol. The molecule has 1 aromatic rings. The van der Waals surface area contributed by atoms with E-state index in [-0.39, 0.29) is 16.7 Å². The van der Waals surface area contributed by atoms with Crippen molar-refractivity contribution in [2.24, 2.45) is 5.92 Å². The van der Waals surface area contributed by atoms with Gasteiger partial charge in [0.2, 0.25) is 5.91 Å². The molecule has 100 valence electrons. The summed E-state index contributed by atoms with van der Waals surface area (Å²) < 4.78 is 4.95. The molecule has 1 heterocycles. The van der Waals surface area contributed by atoms with Crippen LogP contribution in [0.25, 0.3) is 0 Å². The number of amides is 1. The third kappa shape index (κ3) is 4.12. The van der Waals surface area contributed by atoms with Crippen LogP contribution in [0.5, 0.6) is 0 Å². The highest BCUT2D eigenvalue weighted by Gasteiger charge is 2.15. The Bertz CT molecular complexity index is 441. The maximum atomic E-state index is 11.7. The summed E-state index contributed by atoms with van der Waals surface area (Å²) in [6.45, 7) is 4.16. The second kappa shape index (κ2) is 6.51. The van der Waals surface area contributed by atoms with E-state index in [0.717, 1.165) is 11.3 Å². The normalized spacial score (nSPS) is 12.2. The van der Waals surface area contributed by atoms with E-state index >= 15 is 0 Å². The summed E-state index contributed by atoms with van der Waals surface area (Å²) in [6, 6.07) is 1.67. The van der Waals surface area contributed by atoms with E-state index < -0.39 is 5.97 Å². The van der Waals surface area contributed by atoms with E-state index in [4.69, 9.17) is 9.84 Å². The van der Waals surface area contributed by atoms with Gasteiger partial charge >= 0.3 is 5.97 Å². The molecule has 0 fully saturated rings. The van der Waals surface area contributed by atoms with Crippen molar-refractivity contribution in [1.29, 1.82) is 0 Å². The van der Waals surface area contributed by atoms with Crippen molar-refractivity contribution in [3.63, 3.8) is 0 Å². The molecule has 0 radical (unpaired) electrons. The Kier molecular flexibility index (Phi) is 5.30. The van der Waals surface area contributed by atoms with Crippen LogP contribution in [0.4, 0.5) is 5.00 Å². The van der Waals surface area contributed by atoms with Gasteiger partial charge in [-0.1, -0.05) is 6.92 Å². The number of carbonyl (C=O) groups excluding carboxylic acids is 1. The lowest BCUT2D eigenvalue weighted by Gasteiger charge is -2.09. The van der Waals surface area contributed by atoms with Crippen molar-refractivity contribution in [3.8, 4) is 0 Å². The summed E-state index contributed by atoms with van der Waals surface area (Å²) in [4.78, 5) is 22.8. The third-order valence-electron chi connectivity index (χ3n) is 2.36. The smallest absolute Gasteiger partial charge is 0.346 e. The summed E-state index contributed by atoms with van der Waals surface area (Å²) in [7, 11) is 1.59. The minimum absolute atomic E-state index is 0.127. The minimum Gasteiger partial charge on any atom is -0.477 e. The van der Waals surface area contributed by atoms with Gasteiger partial charge in [0.15, 0.2) is 0 Å². The van der Waals surface area contributed by atoms with Gasteiger partial charge in [-0.25, -0.2) is 4.79 Å². The van der Waals surface area contributed by atoms with Crippen molar-refractivity contribution >= 4 is 28.2 Å². The molecule has 1 unspecified atom stereocenters. The first-order chi connectivity index (χ1) is 8.43. The highest BCUT2D eigenvalue weighted by Crippen LogP contribution is 2.26. The SMILES string of the molecule is COCC(C)CC(=O)Nc1cc(C)c(C(=O)O)s1. The Morgan fingerprint density at radius 2 is 2.22 bits per heavy atom. The average molecular weight is 271 g/mol. The topological polar surface area (TPSA) is 75.6 Å². The van der Waals surface area contributed by atoms with Crippen LogP contribution in [0, 0.1) is 12.8 Å². The fraction of sp³-hybridized carbons (Fsp3) is 0.500. The zero-order valence-corrected chi connectivity index (χ0v) is 11.5. The third-order valence-corrected chi connectivity index (χ3v) is 3.50. The number of hydrogen-bond acceptors (Lipinski definition) is 4. The second-order valence-electron chi connectivity index (χ2n) is 4.24. The van der Waals surface area contributed by atoms with Gasteiger partial charge in [0, 0.05) is 20.1 Å². The Balaban J connectivity index is 2.59. The first kappa shape index (κ1) is 14.7. The first-order valence-corrected chi connectivity index (χ1v) is 6.38. The fourth-order valence-electron chi connectivity index (χ4n) is 1.60. The van der Waals surface area contributed by atoms with Gasteiger partial charge in [0.05, 0.1) is 5.00 Å². The van der Waals surface area contributed by atoms with Crippen molar-refractivity contribution in [1.82, 2.24) is 0 Å². The molecule has 0 aliphatic carbocycles. The second-order valence-corrected chi connectivity index (χ2v) is 5.29. The summed E-state index contributed by atoms with van der Waals surface area (Å²) >= 11 is 1.07. The number of ether oxygens (including phenoxy) is 1. The highest BCUT2D eigenvalue weighted by atomic mass is 32.1. The largest absolute Gasteiger partial charge is 0.477 e. The van der Waals surface area contributed by atoms with Crippen molar-refractivity contribution in [2.75, 3.05) is 19.0 Å². The van der Waals surface area contributed by atoms with E-state index in [9.17, 15) is 9.59 Å². The molecule has 0 bridgehead atoms.